The molecule has 1 aromatic heterocycles. The Morgan fingerprint density at radius 1 is 0.548 bits per heavy atom. The van der Waals surface area contributed by atoms with Gasteiger partial charge in [-0.15, -0.1) is 0 Å². The van der Waals surface area contributed by atoms with Gasteiger partial charge in [0.05, 0.1) is 23.0 Å². The van der Waals surface area contributed by atoms with Gasteiger partial charge in [0.1, 0.15) is 11.4 Å². The average Bonchev–Trinajstić information content (AvgIpc) is 3.04. The molecule has 3 heteroatoms. The highest BCUT2D eigenvalue weighted by Crippen LogP contribution is 2.46. The molecule has 2 heterocycles. The first-order valence-corrected chi connectivity index (χ1v) is 14.1. The van der Waals surface area contributed by atoms with Crippen molar-refractivity contribution in [1.82, 2.24) is 4.98 Å². The van der Waals surface area contributed by atoms with E-state index in [1.165, 1.54) is 11.1 Å². The SMILES string of the molecule is CC1(C)Oc2cc(-c3cc(C#N)cc(-c4cc(-c5ccccc5)nc(-c5ccccc5)c4)c3)ccc2-c2ccccc21. The van der Waals surface area contributed by atoms with Crippen LogP contribution < -0.4 is 4.74 Å². The molecule has 42 heavy (non-hydrogen) atoms. The topological polar surface area (TPSA) is 45.9 Å². The lowest BCUT2D eigenvalue weighted by Gasteiger charge is -2.35. The molecule has 200 valence electrons. The highest BCUT2D eigenvalue weighted by atomic mass is 16.5. The van der Waals surface area contributed by atoms with Gasteiger partial charge in [-0.1, -0.05) is 97.1 Å². The number of hydrogen-bond acceptors (Lipinski definition) is 3. The van der Waals surface area contributed by atoms with Crippen LogP contribution in [0.3, 0.4) is 0 Å². The summed E-state index contributed by atoms with van der Waals surface area (Å²) in [5.74, 6) is 0.849. The van der Waals surface area contributed by atoms with Crippen molar-refractivity contribution < 1.29 is 4.74 Å². The molecule has 0 N–H and O–H groups in total. The normalized spacial score (nSPS) is 12.9. The molecule has 0 spiro atoms. The average molecular weight is 541 g/mol. The van der Waals surface area contributed by atoms with Gasteiger partial charge in [-0.2, -0.15) is 5.26 Å². The minimum atomic E-state index is -0.444. The van der Waals surface area contributed by atoms with E-state index in [9.17, 15) is 5.26 Å². The highest BCUT2D eigenvalue weighted by molar-refractivity contribution is 5.84. The Hall–Kier alpha value is -5.46. The fraction of sp³-hybridized carbons (Fsp3) is 0.0769. The van der Waals surface area contributed by atoms with E-state index in [0.717, 1.165) is 56.1 Å². The molecule has 0 fully saturated rings. The van der Waals surface area contributed by atoms with Crippen molar-refractivity contribution in [3.8, 4) is 67.7 Å². The second-order valence-corrected chi connectivity index (χ2v) is 11.1. The molecule has 5 aromatic carbocycles. The zero-order valence-corrected chi connectivity index (χ0v) is 23.5. The lowest BCUT2D eigenvalue weighted by molar-refractivity contribution is 0.106. The molecule has 0 atom stereocenters. The zero-order chi connectivity index (χ0) is 28.7. The van der Waals surface area contributed by atoms with E-state index in [1.54, 1.807) is 0 Å². The monoisotopic (exact) mass is 540 g/mol. The van der Waals surface area contributed by atoms with Crippen molar-refractivity contribution in [2.45, 2.75) is 19.4 Å². The molecule has 0 radical (unpaired) electrons. The summed E-state index contributed by atoms with van der Waals surface area (Å²) in [7, 11) is 0. The van der Waals surface area contributed by atoms with Crippen molar-refractivity contribution in [1.29, 1.82) is 5.26 Å². The Bertz CT molecular complexity index is 1930. The standard InChI is InChI=1S/C39H28N2O/c1-39(2)35-16-10-9-15-33(35)34-18-17-29(24-38(34)42-39)30-19-26(25-40)20-31(21-30)32-22-36(27-11-5-3-6-12-27)41-37(23-32)28-13-7-4-8-14-28/h3-24H,1-2H3. The predicted octanol–water partition coefficient (Wildman–Crippen LogP) is 9.92. The molecule has 6 aromatic rings. The van der Waals surface area contributed by atoms with Gasteiger partial charge in [-0.3, -0.25) is 0 Å². The molecule has 0 saturated heterocycles. The Balaban J connectivity index is 1.37. The summed E-state index contributed by atoms with van der Waals surface area (Å²) in [6.07, 6.45) is 0. The van der Waals surface area contributed by atoms with E-state index in [2.05, 4.69) is 105 Å². The van der Waals surface area contributed by atoms with Crippen molar-refractivity contribution >= 4 is 0 Å². The van der Waals surface area contributed by atoms with Gasteiger partial charge in [-0.05, 0) is 78.1 Å². The van der Waals surface area contributed by atoms with Gasteiger partial charge in [0.2, 0.25) is 0 Å². The zero-order valence-electron chi connectivity index (χ0n) is 23.5. The number of nitrogens with zero attached hydrogens (tertiary/aromatic N) is 2. The molecule has 0 unspecified atom stereocenters. The summed E-state index contributed by atoms with van der Waals surface area (Å²) in [5, 5.41) is 10.0. The molecule has 0 amide bonds. The summed E-state index contributed by atoms with van der Waals surface area (Å²) in [4.78, 5) is 5.02. The maximum Gasteiger partial charge on any atom is 0.129 e. The van der Waals surface area contributed by atoms with Gasteiger partial charge in [0.15, 0.2) is 0 Å². The van der Waals surface area contributed by atoms with Crippen LogP contribution in [0.25, 0.3) is 55.9 Å². The molecule has 3 nitrogen and oxygen atoms in total. The van der Waals surface area contributed by atoms with Crippen LogP contribution in [0.1, 0.15) is 25.0 Å². The summed E-state index contributed by atoms with van der Waals surface area (Å²) >= 11 is 0. The van der Waals surface area contributed by atoms with Crippen molar-refractivity contribution in [3.63, 3.8) is 0 Å². The molecule has 0 saturated carbocycles. The largest absolute Gasteiger partial charge is 0.482 e. The van der Waals surface area contributed by atoms with E-state index >= 15 is 0 Å². The number of ether oxygens (including phenoxy) is 1. The lowest BCUT2D eigenvalue weighted by Crippen LogP contribution is -2.29. The number of benzene rings is 5. The van der Waals surface area contributed by atoms with Crippen LogP contribution in [0.15, 0.2) is 133 Å². The lowest BCUT2D eigenvalue weighted by atomic mass is 9.85. The smallest absolute Gasteiger partial charge is 0.129 e. The fourth-order valence-electron chi connectivity index (χ4n) is 5.82. The highest BCUT2D eigenvalue weighted by Gasteiger charge is 2.32. The van der Waals surface area contributed by atoms with E-state index in [1.807, 2.05) is 48.5 Å². The summed E-state index contributed by atoms with van der Waals surface area (Å²) in [6, 6.07) is 47.9. The van der Waals surface area contributed by atoms with Crippen LogP contribution in [-0.2, 0) is 5.60 Å². The van der Waals surface area contributed by atoms with E-state index < -0.39 is 5.60 Å². The first-order valence-electron chi connectivity index (χ1n) is 14.1. The molecule has 0 bridgehead atoms. The number of pyridine rings is 1. The third-order valence-electron chi connectivity index (χ3n) is 7.91. The second kappa shape index (κ2) is 10.2. The van der Waals surface area contributed by atoms with Crippen LogP contribution >= 0.6 is 0 Å². The molecule has 0 aliphatic carbocycles. The summed E-state index contributed by atoms with van der Waals surface area (Å²) in [5.41, 5.74) is 11.4. The Morgan fingerprint density at radius 3 is 1.76 bits per heavy atom. The van der Waals surface area contributed by atoms with Crippen LogP contribution in [-0.4, -0.2) is 4.98 Å². The Labute approximate surface area is 246 Å². The van der Waals surface area contributed by atoms with Gasteiger partial charge in [0.25, 0.3) is 0 Å². The Kier molecular flexibility index (Phi) is 6.18. The van der Waals surface area contributed by atoms with Crippen LogP contribution in [0.4, 0.5) is 0 Å². The number of nitriles is 1. The minimum absolute atomic E-state index is 0.444. The quantitative estimate of drug-likeness (QED) is 0.223. The second-order valence-electron chi connectivity index (χ2n) is 11.1. The van der Waals surface area contributed by atoms with Crippen LogP contribution in [0.5, 0.6) is 5.75 Å². The molecule has 1 aliphatic rings. The van der Waals surface area contributed by atoms with Gasteiger partial charge in [-0.25, -0.2) is 4.98 Å². The van der Waals surface area contributed by atoms with Crippen molar-refractivity contribution in [2.75, 3.05) is 0 Å². The van der Waals surface area contributed by atoms with Crippen LogP contribution in [0, 0.1) is 11.3 Å². The third-order valence-corrected chi connectivity index (χ3v) is 7.91. The van der Waals surface area contributed by atoms with E-state index in [-0.39, 0.29) is 0 Å². The number of fused-ring (bicyclic) bond motifs is 3. The molecule has 1 aliphatic heterocycles. The molecular weight excluding hydrogens is 512 g/mol. The maximum absolute atomic E-state index is 10.0. The first-order chi connectivity index (χ1) is 20.5. The van der Waals surface area contributed by atoms with E-state index in [0.29, 0.717) is 5.56 Å². The Morgan fingerprint density at radius 2 is 1.12 bits per heavy atom. The number of rotatable bonds is 4. The summed E-state index contributed by atoms with van der Waals surface area (Å²) in [6.45, 7) is 4.21. The van der Waals surface area contributed by atoms with Gasteiger partial charge < -0.3 is 4.74 Å². The van der Waals surface area contributed by atoms with Crippen LogP contribution in [0.2, 0.25) is 0 Å². The van der Waals surface area contributed by atoms with Crippen molar-refractivity contribution in [2.24, 2.45) is 0 Å². The first kappa shape index (κ1) is 25.5. The minimum Gasteiger partial charge on any atom is -0.482 e. The maximum atomic E-state index is 10.0. The van der Waals surface area contributed by atoms with Gasteiger partial charge >= 0.3 is 0 Å². The number of hydrogen-bond donors (Lipinski definition) is 0. The summed E-state index contributed by atoms with van der Waals surface area (Å²) < 4.78 is 6.54. The molecular formula is C39H28N2O. The third kappa shape index (κ3) is 4.64. The fourth-order valence-corrected chi connectivity index (χ4v) is 5.82. The predicted molar refractivity (Wildman–Crippen MR) is 170 cm³/mol. The number of aromatic nitrogens is 1. The van der Waals surface area contributed by atoms with Crippen molar-refractivity contribution in [3.05, 3.63) is 145 Å². The van der Waals surface area contributed by atoms with Gasteiger partial charge in [0, 0.05) is 22.3 Å². The van der Waals surface area contributed by atoms with E-state index in [4.69, 9.17) is 9.72 Å². The molecule has 7 rings (SSSR count).